The molecule has 0 fully saturated rings. The summed E-state index contributed by atoms with van der Waals surface area (Å²) in [5.41, 5.74) is 0.920. The first kappa shape index (κ1) is 20.8. The van der Waals surface area contributed by atoms with E-state index in [4.69, 9.17) is 11.2 Å². The number of fused-ring (bicyclic) bond motifs is 1. The summed E-state index contributed by atoms with van der Waals surface area (Å²) >= 11 is 1.38. The largest absolute Gasteiger partial charge is 0.497 e. The highest BCUT2D eigenvalue weighted by Gasteiger charge is 2.15. The molecule has 0 atom stereocenters. The van der Waals surface area contributed by atoms with Crippen molar-refractivity contribution < 1.29 is 17.9 Å². The number of sulfone groups is 1. The topological polar surface area (TPSA) is 77.7 Å². The molecule has 0 aliphatic rings. The molecule has 0 saturated heterocycles. The van der Waals surface area contributed by atoms with Crippen LogP contribution in [0.5, 0.6) is 5.75 Å². The van der Waals surface area contributed by atoms with E-state index >= 15 is 0 Å². The zero-order chi connectivity index (χ0) is 20.9. The molecule has 2 aromatic carbocycles. The average molecular weight is 429 g/mol. The van der Waals surface area contributed by atoms with Gasteiger partial charge in [-0.3, -0.25) is 4.79 Å². The molecule has 0 radical (unpaired) electrons. The molecule has 150 valence electrons. The molecule has 29 heavy (non-hydrogen) atoms. The highest BCUT2D eigenvalue weighted by Crippen LogP contribution is 2.18. The van der Waals surface area contributed by atoms with E-state index < -0.39 is 9.84 Å². The van der Waals surface area contributed by atoms with Gasteiger partial charge >= 0.3 is 0 Å². The molecule has 0 unspecified atom stereocenters. The van der Waals surface area contributed by atoms with Crippen molar-refractivity contribution in [2.75, 3.05) is 12.9 Å². The molecule has 1 amide bonds. The molecule has 0 N–H and O–H groups in total. The van der Waals surface area contributed by atoms with Crippen LogP contribution in [0.1, 0.15) is 12.8 Å². The number of ether oxygens (including phenoxy) is 1. The Morgan fingerprint density at radius 1 is 1.21 bits per heavy atom. The van der Waals surface area contributed by atoms with Gasteiger partial charge in [-0.2, -0.15) is 4.99 Å². The third-order valence-electron chi connectivity index (χ3n) is 4.28. The molecule has 1 aromatic heterocycles. The summed E-state index contributed by atoms with van der Waals surface area (Å²) < 4.78 is 32.7. The second-order valence-corrected chi connectivity index (χ2v) is 9.36. The van der Waals surface area contributed by atoms with E-state index in [0.29, 0.717) is 17.1 Å². The minimum Gasteiger partial charge on any atom is -0.497 e. The van der Waals surface area contributed by atoms with Gasteiger partial charge in [0.2, 0.25) is 5.91 Å². The van der Waals surface area contributed by atoms with Gasteiger partial charge in [-0.25, -0.2) is 8.42 Å². The zero-order valence-electron chi connectivity index (χ0n) is 15.9. The molecule has 3 aromatic rings. The van der Waals surface area contributed by atoms with E-state index in [1.165, 1.54) is 30.6 Å². The van der Waals surface area contributed by atoms with Crippen LogP contribution in [0, 0.1) is 12.3 Å². The van der Waals surface area contributed by atoms with Crippen LogP contribution >= 0.6 is 11.3 Å². The molecule has 8 heteroatoms. The first-order valence-electron chi connectivity index (χ1n) is 8.91. The van der Waals surface area contributed by atoms with Gasteiger partial charge in [0.1, 0.15) is 5.75 Å². The predicted octanol–water partition coefficient (Wildman–Crippen LogP) is 3.03. The number of thiazole rings is 1. The van der Waals surface area contributed by atoms with Crippen molar-refractivity contribution >= 4 is 37.3 Å². The number of methoxy groups -OCH3 is 1. The van der Waals surface area contributed by atoms with Gasteiger partial charge in [0, 0.05) is 6.42 Å². The molecule has 1 heterocycles. The summed E-state index contributed by atoms with van der Waals surface area (Å²) in [5.74, 6) is 2.66. The maximum atomic E-state index is 12.4. The van der Waals surface area contributed by atoms with Crippen LogP contribution in [0.25, 0.3) is 10.2 Å². The summed E-state index contributed by atoms with van der Waals surface area (Å²) in [6.07, 6.45) is 5.68. The number of terminal acetylenes is 1. The number of nitrogens with zero attached hydrogens (tertiary/aromatic N) is 2. The van der Waals surface area contributed by atoms with Crippen LogP contribution in [-0.2, 0) is 21.2 Å². The van der Waals surface area contributed by atoms with Crippen molar-refractivity contribution in [1.82, 2.24) is 4.57 Å². The Balaban J connectivity index is 1.70. The SMILES string of the molecule is C#CCn1c(=NC(=O)CCCS(=O)(=O)c2ccc(OC)cc2)sc2ccccc21. The first-order valence-corrected chi connectivity index (χ1v) is 11.4. The Labute approximate surface area is 173 Å². The third-order valence-corrected chi connectivity index (χ3v) is 7.16. The van der Waals surface area contributed by atoms with Crippen molar-refractivity contribution in [3.05, 3.63) is 53.3 Å². The van der Waals surface area contributed by atoms with Gasteiger partial charge in [0.25, 0.3) is 0 Å². The molecule has 0 spiro atoms. The second kappa shape index (κ2) is 9.07. The number of hydrogen-bond donors (Lipinski definition) is 0. The summed E-state index contributed by atoms with van der Waals surface area (Å²) in [4.78, 5) is 17.2. The molecule has 0 saturated carbocycles. The fourth-order valence-corrected chi connectivity index (χ4v) is 5.18. The van der Waals surface area contributed by atoms with Crippen molar-refractivity contribution in [3.63, 3.8) is 0 Å². The summed E-state index contributed by atoms with van der Waals surface area (Å²) in [5, 5.41) is 0. The van der Waals surface area contributed by atoms with Crippen molar-refractivity contribution in [2.45, 2.75) is 24.3 Å². The van der Waals surface area contributed by atoms with E-state index in [9.17, 15) is 13.2 Å². The van der Waals surface area contributed by atoms with Crippen LogP contribution < -0.4 is 9.54 Å². The number of carbonyl (C=O) groups is 1. The number of amides is 1. The molecular formula is C21H20N2O4S2. The van der Waals surface area contributed by atoms with Gasteiger partial charge in [-0.05, 0) is 42.8 Å². The van der Waals surface area contributed by atoms with Crippen LogP contribution in [0.3, 0.4) is 0 Å². The summed E-state index contributed by atoms with van der Waals surface area (Å²) in [6, 6.07) is 13.9. The zero-order valence-corrected chi connectivity index (χ0v) is 17.5. The summed E-state index contributed by atoms with van der Waals surface area (Å²) in [6.45, 7) is 0.308. The van der Waals surface area contributed by atoms with Crippen molar-refractivity contribution in [3.8, 4) is 18.1 Å². The molecule has 6 nitrogen and oxygen atoms in total. The monoisotopic (exact) mass is 428 g/mol. The molecule has 3 rings (SSSR count). The Hall–Kier alpha value is -2.89. The smallest absolute Gasteiger partial charge is 0.248 e. The van der Waals surface area contributed by atoms with Crippen LogP contribution in [-0.4, -0.2) is 31.8 Å². The van der Waals surface area contributed by atoms with Gasteiger partial charge in [-0.1, -0.05) is 29.4 Å². The van der Waals surface area contributed by atoms with Gasteiger partial charge < -0.3 is 9.30 Å². The Kier molecular flexibility index (Phi) is 6.52. The van der Waals surface area contributed by atoms with E-state index in [0.717, 1.165) is 10.2 Å². The third kappa shape index (κ3) is 4.94. The number of para-hydroxylation sites is 1. The van der Waals surface area contributed by atoms with Crippen molar-refractivity contribution in [2.24, 2.45) is 4.99 Å². The minimum atomic E-state index is -3.47. The standard InChI is InChI=1S/C21H20N2O4S2/c1-3-14-23-18-7-4-5-8-19(18)28-21(23)22-20(24)9-6-15-29(25,26)17-12-10-16(27-2)11-13-17/h1,4-5,7-8,10-13H,6,9,14-15H2,2H3. The highest BCUT2D eigenvalue weighted by molar-refractivity contribution is 7.91. The van der Waals surface area contributed by atoms with Crippen LogP contribution in [0.4, 0.5) is 0 Å². The lowest BCUT2D eigenvalue weighted by Gasteiger charge is -2.05. The lowest BCUT2D eigenvalue weighted by atomic mass is 10.3. The lowest BCUT2D eigenvalue weighted by molar-refractivity contribution is -0.118. The van der Waals surface area contributed by atoms with Gasteiger partial charge in [0.05, 0.1) is 34.5 Å². The molecule has 0 bridgehead atoms. The second-order valence-electron chi connectivity index (χ2n) is 6.25. The number of aromatic nitrogens is 1. The van der Waals surface area contributed by atoms with Gasteiger partial charge in [0.15, 0.2) is 14.6 Å². The van der Waals surface area contributed by atoms with Crippen LogP contribution in [0.15, 0.2) is 58.4 Å². The van der Waals surface area contributed by atoms with Gasteiger partial charge in [-0.15, -0.1) is 6.42 Å². The maximum Gasteiger partial charge on any atom is 0.248 e. The number of benzene rings is 2. The predicted molar refractivity (Wildman–Crippen MR) is 113 cm³/mol. The summed E-state index contributed by atoms with van der Waals surface area (Å²) in [7, 11) is -1.95. The van der Waals surface area contributed by atoms with E-state index in [1.54, 1.807) is 12.1 Å². The number of hydrogen-bond acceptors (Lipinski definition) is 5. The fraction of sp³-hybridized carbons (Fsp3) is 0.238. The normalized spacial score (nSPS) is 12.1. The fourth-order valence-electron chi connectivity index (χ4n) is 2.83. The lowest BCUT2D eigenvalue weighted by Crippen LogP contribution is -2.16. The Morgan fingerprint density at radius 3 is 2.62 bits per heavy atom. The highest BCUT2D eigenvalue weighted by atomic mass is 32.2. The van der Waals surface area contributed by atoms with E-state index in [-0.39, 0.29) is 29.4 Å². The van der Waals surface area contributed by atoms with E-state index in [2.05, 4.69) is 10.9 Å². The maximum absolute atomic E-state index is 12.4. The number of rotatable bonds is 7. The molecular weight excluding hydrogens is 408 g/mol. The average Bonchev–Trinajstić information content (AvgIpc) is 3.05. The Morgan fingerprint density at radius 2 is 1.93 bits per heavy atom. The van der Waals surface area contributed by atoms with E-state index in [1.807, 2.05) is 28.8 Å². The Bertz CT molecular complexity index is 1230. The van der Waals surface area contributed by atoms with Crippen molar-refractivity contribution in [1.29, 1.82) is 0 Å². The first-order chi connectivity index (χ1) is 13.9. The minimum absolute atomic E-state index is 0.0414. The van der Waals surface area contributed by atoms with Crippen LogP contribution in [0.2, 0.25) is 0 Å². The molecule has 0 aliphatic heterocycles. The number of carbonyl (C=O) groups excluding carboxylic acids is 1. The molecule has 0 aliphatic carbocycles. The quantitative estimate of drug-likeness (QED) is 0.542.